The van der Waals surface area contributed by atoms with Crippen LogP contribution < -0.4 is 5.32 Å². The first-order chi connectivity index (χ1) is 11.6. The Kier molecular flexibility index (Phi) is 6.81. The molecule has 2 heterocycles. The first kappa shape index (κ1) is 19.7. The molecule has 1 aliphatic heterocycles. The van der Waals surface area contributed by atoms with Crippen LogP contribution in [0.3, 0.4) is 0 Å². The zero-order valence-corrected chi connectivity index (χ0v) is 16.0. The van der Waals surface area contributed by atoms with E-state index in [9.17, 15) is 4.79 Å². The minimum atomic E-state index is -0.0960. The van der Waals surface area contributed by atoms with Gasteiger partial charge in [0.2, 0.25) is 5.82 Å². The Hall–Kier alpha value is -1.63. The van der Waals surface area contributed by atoms with Crippen LogP contribution in [0, 0.1) is 6.92 Å². The van der Waals surface area contributed by atoms with E-state index in [4.69, 9.17) is 11.6 Å². The van der Waals surface area contributed by atoms with Gasteiger partial charge in [0.15, 0.2) is 0 Å². The molecule has 1 amide bonds. The van der Waals surface area contributed by atoms with Crippen molar-refractivity contribution in [3.8, 4) is 5.69 Å². The number of hydrogen-bond donors (Lipinski definition) is 1. The second-order valence-electron chi connectivity index (χ2n) is 6.02. The summed E-state index contributed by atoms with van der Waals surface area (Å²) in [5.41, 5.74) is 0.841. The van der Waals surface area contributed by atoms with Gasteiger partial charge in [-0.15, -0.1) is 17.5 Å². The van der Waals surface area contributed by atoms with Crippen LogP contribution in [0.4, 0.5) is 0 Å². The Morgan fingerprint density at radius 2 is 2.12 bits per heavy atom. The lowest BCUT2D eigenvalue weighted by molar-refractivity contribution is 0.0679. The predicted molar refractivity (Wildman–Crippen MR) is 101 cm³/mol. The summed E-state index contributed by atoms with van der Waals surface area (Å²) in [6, 6.07) is 7.55. The van der Waals surface area contributed by atoms with Gasteiger partial charge in [0.05, 0.1) is 5.69 Å². The Bertz CT molecular complexity index is 710. The summed E-state index contributed by atoms with van der Waals surface area (Å²) in [6.07, 6.45) is 1.89. The van der Waals surface area contributed by atoms with Gasteiger partial charge in [0.1, 0.15) is 5.82 Å². The number of rotatable bonds is 5. The van der Waals surface area contributed by atoms with Crippen LogP contribution in [-0.2, 0) is 0 Å². The number of aromatic nitrogens is 3. The molecule has 6 nitrogen and oxygen atoms in total. The lowest BCUT2D eigenvalue weighted by Gasteiger charge is -2.26. The molecule has 1 aliphatic rings. The smallest absolute Gasteiger partial charge is 0.293 e. The van der Waals surface area contributed by atoms with Crippen molar-refractivity contribution in [1.82, 2.24) is 25.0 Å². The highest BCUT2D eigenvalue weighted by atomic mass is 35.5. The molecule has 1 atom stereocenters. The number of hydrogen-bond acceptors (Lipinski definition) is 4. The fraction of sp³-hybridized carbons (Fsp3) is 0.471. The number of benzene rings is 1. The first-order valence-electron chi connectivity index (χ1n) is 8.31. The van der Waals surface area contributed by atoms with Crippen LogP contribution in [0.25, 0.3) is 5.69 Å². The molecule has 1 unspecified atom stereocenters. The average Bonchev–Trinajstić information content (AvgIpc) is 3.23. The van der Waals surface area contributed by atoms with Crippen molar-refractivity contribution >= 4 is 29.9 Å². The van der Waals surface area contributed by atoms with E-state index in [1.54, 1.807) is 16.8 Å². The van der Waals surface area contributed by atoms with Crippen molar-refractivity contribution in [1.29, 1.82) is 0 Å². The summed E-state index contributed by atoms with van der Waals surface area (Å²) in [4.78, 5) is 19.2. The normalized spacial score (nSPS) is 16.5. The van der Waals surface area contributed by atoms with Crippen molar-refractivity contribution < 1.29 is 4.79 Å². The van der Waals surface area contributed by atoms with Crippen LogP contribution in [-0.4, -0.2) is 51.2 Å². The van der Waals surface area contributed by atoms with Crippen LogP contribution in [0.2, 0.25) is 5.02 Å². The maximum atomic E-state index is 12.9. The highest BCUT2D eigenvalue weighted by molar-refractivity contribution is 6.30. The molecule has 1 aromatic carbocycles. The quantitative estimate of drug-likeness (QED) is 0.861. The van der Waals surface area contributed by atoms with Gasteiger partial charge in [-0.3, -0.25) is 4.79 Å². The fourth-order valence-corrected chi connectivity index (χ4v) is 3.16. The molecule has 1 N–H and O–H groups in total. The molecule has 3 rings (SSSR count). The summed E-state index contributed by atoms with van der Waals surface area (Å²) in [5.74, 6) is 0.839. The Labute approximate surface area is 159 Å². The lowest BCUT2D eigenvalue weighted by Crippen LogP contribution is -2.42. The molecule has 0 aliphatic carbocycles. The van der Waals surface area contributed by atoms with E-state index in [1.165, 1.54) is 0 Å². The maximum Gasteiger partial charge on any atom is 0.293 e. The third kappa shape index (κ3) is 4.32. The summed E-state index contributed by atoms with van der Waals surface area (Å²) < 4.78 is 1.68. The predicted octanol–water partition coefficient (Wildman–Crippen LogP) is 2.87. The molecular formula is C17H23Cl2N5O. The van der Waals surface area contributed by atoms with Crippen LogP contribution in [0.5, 0.6) is 0 Å². The van der Waals surface area contributed by atoms with Gasteiger partial charge in [0, 0.05) is 24.2 Å². The zero-order valence-electron chi connectivity index (χ0n) is 14.4. The minimum absolute atomic E-state index is 0. The molecule has 0 spiro atoms. The Balaban J connectivity index is 0.00000225. The van der Waals surface area contributed by atoms with Crippen molar-refractivity contribution in [2.75, 3.05) is 19.6 Å². The Morgan fingerprint density at radius 3 is 2.72 bits per heavy atom. The minimum Gasteiger partial charge on any atom is -0.332 e. The summed E-state index contributed by atoms with van der Waals surface area (Å²) in [5, 5.41) is 8.41. The van der Waals surface area contributed by atoms with Gasteiger partial charge in [0.25, 0.3) is 5.91 Å². The molecular weight excluding hydrogens is 361 g/mol. The number of amides is 1. The zero-order chi connectivity index (χ0) is 17.1. The number of nitrogens with one attached hydrogen (secondary N) is 1. The van der Waals surface area contributed by atoms with E-state index >= 15 is 0 Å². The van der Waals surface area contributed by atoms with Gasteiger partial charge in [-0.2, -0.15) is 0 Å². The summed E-state index contributed by atoms with van der Waals surface area (Å²) >= 11 is 5.93. The number of nitrogens with zero attached hydrogens (tertiary/aromatic N) is 4. The Morgan fingerprint density at radius 1 is 1.40 bits per heavy atom. The van der Waals surface area contributed by atoms with Crippen LogP contribution in [0.15, 0.2) is 24.3 Å². The van der Waals surface area contributed by atoms with Gasteiger partial charge in [-0.1, -0.05) is 18.5 Å². The fourth-order valence-electron chi connectivity index (χ4n) is 3.03. The highest BCUT2D eigenvalue weighted by Gasteiger charge is 2.29. The average molecular weight is 384 g/mol. The van der Waals surface area contributed by atoms with Gasteiger partial charge in [-0.05, 0) is 50.6 Å². The molecule has 0 radical (unpaired) electrons. The van der Waals surface area contributed by atoms with Crippen molar-refractivity contribution in [2.45, 2.75) is 32.7 Å². The molecule has 1 fully saturated rings. The van der Waals surface area contributed by atoms with Crippen LogP contribution >= 0.6 is 24.0 Å². The lowest BCUT2D eigenvalue weighted by atomic mass is 10.2. The molecule has 25 heavy (non-hydrogen) atoms. The van der Waals surface area contributed by atoms with E-state index in [2.05, 4.69) is 22.3 Å². The van der Waals surface area contributed by atoms with E-state index in [-0.39, 0.29) is 30.2 Å². The molecule has 1 aromatic heterocycles. The monoisotopic (exact) mass is 383 g/mol. The van der Waals surface area contributed by atoms with E-state index < -0.39 is 0 Å². The summed E-state index contributed by atoms with van der Waals surface area (Å²) in [7, 11) is 0. The SMILES string of the molecule is CCCN(C(=O)c1nc(C)n(-c2ccc(Cl)cc2)n1)C1CCNC1.Cl. The highest BCUT2D eigenvalue weighted by Crippen LogP contribution is 2.16. The second kappa shape index (κ2) is 8.65. The van der Waals surface area contributed by atoms with Crippen molar-refractivity contribution in [2.24, 2.45) is 0 Å². The molecule has 1 saturated heterocycles. The maximum absolute atomic E-state index is 12.9. The first-order valence-corrected chi connectivity index (χ1v) is 8.69. The van der Waals surface area contributed by atoms with Gasteiger partial charge < -0.3 is 10.2 Å². The van der Waals surface area contributed by atoms with E-state index in [0.717, 1.165) is 38.2 Å². The number of carbonyl (C=O) groups excluding carboxylic acids is 1. The third-order valence-electron chi connectivity index (χ3n) is 4.23. The molecule has 0 bridgehead atoms. The number of halogens is 2. The van der Waals surface area contributed by atoms with E-state index in [1.807, 2.05) is 24.0 Å². The summed E-state index contributed by atoms with van der Waals surface area (Å²) in [6.45, 7) is 6.43. The number of aryl methyl sites for hydroxylation is 1. The molecule has 2 aromatic rings. The third-order valence-corrected chi connectivity index (χ3v) is 4.48. The van der Waals surface area contributed by atoms with Gasteiger partial charge >= 0.3 is 0 Å². The second-order valence-corrected chi connectivity index (χ2v) is 6.45. The molecule has 8 heteroatoms. The van der Waals surface area contributed by atoms with Gasteiger partial charge in [-0.25, -0.2) is 9.67 Å². The van der Waals surface area contributed by atoms with Crippen LogP contribution in [0.1, 0.15) is 36.2 Å². The standard InChI is InChI=1S/C17H22ClN5O.ClH/c1-3-10-22(15-8-9-19-11-15)17(24)16-20-12(2)23(21-16)14-6-4-13(18)5-7-14;/h4-7,15,19H,3,8-11H2,1-2H3;1H. The molecule has 136 valence electrons. The van der Waals surface area contributed by atoms with E-state index in [0.29, 0.717) is 10.8 Å². The molecule has 0 saturated carbocycles. The number of carbonyl (C=O) groups is 1. The largest absolute Gasteiger partial charge is 0.332 e. The van der Waals surface area contributed by atoms with Crippen molar-refractivity contribution in [3.05, 3.63) is 40.9 Å². The van der Waals surface area contributed by atoms with Crippen molar-refractivity contribution in [3.63, 3.8) is 0 Å². The topological polar surface area (TPSA) is 63.1 Å².